The van der Waals surface area contributed by atoms with Gasteiger partial charge in [0.25, 0.3) is 0 Å². The summed E-state index contributed by atoms with van der Waals surface area (Å²) >= 11 is 6.74. The molecule has 1 N–H and O–H groups in total. The maximum Gasteiger partial charge on any atom is 0.225 e. The molecule has 110 valence electrons. The Morgan fingerprint density at radius 2 is 2.10 bits per heavy atom. The Bertz CT molecular complexity index is 605. The second-order valence-corrected chi connectivity index (χ2v) is 6.98. The van der Waals surface area contributed by atoms with Crippen LogP contribution in [-0.4, -0.2) is 22.9 Å². The van der Waals surface area contributed by atoms with Gasteiger partial charge >= 0.3 is 0 Å². The average molecular weight is 383 g/mol. The van der Waals surface area contributed by atoms with Crippen LogP contribution in [0.5, 0.6) is 0 Å². The number of benzene rings is 1. The molecule has 6 heteroatoms. The minimum absolute atomic E-state index is 0.00764. The van der Waals surface area contributed by atoms with Crippen LogP contribution in [0.25, 0.3) is 0 Å². The van der Waals surface area contributed by atoms with Crippen LogP contribution >= 0.6 is 39.5 Å². The van der Waals surface area contributed by atoms with E-state index in [0.29, 0.717) is 6.42 Å². The molecule has 0 fully saturated rings. The van der Waals surface area contributed by atoms with Crippen molar-refractivity contribution in [2.24, 2.45) is 0 Å². The first-order valence-corrected chi connectivity index (χ1v) is 9.36. The first-order valence-electron chi connectivity index (χ1n) is 6.36. The molecule has 0 aliphatic rings. The van der Waals surface area contributed by atoms with E-state index < -0.39 is 0 Å². The lowest BCUT2D eigenvalue weighted by Gasteiger charge is -2.06. The van der Waals surface area contributed by atoms with Crippen LogP contribution in [0.15, 0.2) is 57.0 Å². The summed E-state index contributed by atoms with van der Waals surface area (Å²) in [7, 11) is 0. The van der Waals surface area contributed by atoms with Gasteiger partial charge in [-0.25, -0.2) is 4.98 Å². The third-order valence-corrected chi connectivity index (χ3v) is 5.34. The second-order valence-electron chi connectivity index (χ2n) is 4.17. The standard InChI is InChI=1S/C15H15BrN2OS2/c1-20-15-7-6-11(10-17-15)18-14(19)8-9-21-13-5-3-2-4-12(13)16/h2-7,10H,8-9H2,1H3,(H,18,19). The SMILES string of the molecule is CSc1ccc(NC(=O)CCSc2ccccc2Br)cn1. The minimum atomic E-state index is 0.00764. The van der Waals surface area contributed by atoms with Gasteiger partial charge in [-0.1, -0.05) is 12.1 Å². The molecule has 0 bridgehead atoms. The first kappa shape index (κ1) is 16.4. The third kappa shape index (κ3) is 5.37. The summed E-state index contributed by atoms with van der Waals surface area (Å²) in [6.45, 7) is 0. The number of carbonyl (C=O) groups excluding carboxylic acids is 1. The molecule has 0 spiro atoms. The third-order valence-electron chi connectivity index (χ3n) is 2.65. The topological polar surface area (TPSA) is 42.0 Å². The van der Waals surface area contributed by atoms with E-state index in [1.807, 2.05) is 42.7 Å². The fourth-order valence-corrected chi connectivity index (χ4v) is 3.49. The van der Waals surface area contributed by atoms with Crippen LogP contribution in [0, 0.1) is 0 Å². The Morgan fingerprint density at radius 1 is 1.29 bits per heavy atom. The molecule has 2 rings (SSSR count). The number of anilines is 1. The van der Waals surface area contributed by atoms with Gasteiger partial charge in [-0.15, -0.1) is 23.5 Å². The number of aromatic nitrogens is 1. The number of halogens is 1. The zero-order valence-electron chi connectivity index (χ0n) is 11.5. The van der Waals surface area contributed by atoms with E-state index in [4.69, 9.17) is 0 Å². The molecule has 0 aliphatic carbocycles. The van der Waals surface area contributed by atoms with Crippen LogP contribution < -0.4 is 5.32 Å². The van der Waals surface area contributed by atoms with Gasteiger partial charge in [-0.3, -0.25) is 4.79 Å². The van der Waals surface area contributed by atoms with E-state index in [0.717, 1.165) is 25.8 Å². The minimum Gasteiger partial charge on any atom is -0.325 e. The lowest BCUT2D eigenvalue weighted by Crippen LogP contribution is -2.12. The summed E-state index contributed by atoms with van der Waals surface area (Å²) in [5, 5.41) is 3.80. The summed E-state index contributed by atoms with van der Waals surface area (Å²) in [6.07, 6.45) is 4.13. The van der Waals surface area contributed by atoms with Crippen molar-refractivity contribution in [1.82, 2.24) is 4.98 Å². The Kier molecular flexibility index (Phi) is 6.60. The van der Waals surface area contributed by atoms with Crippen molar-refractivity contribution in [3.8, 4) is 0 Å². The van der Waals surface area contributed by atoms with Gasteiger partial charge in [0.2, 0.25) is 5.91 Å². The van der Waals surface area contributed by atoms with Gasteiger partial charge in [0.1, 0.15) is 0 Å². The smallest absolute Gasteiger partial charge is 0.225 e. The van der Waals surface area contributed by atoms with Gasteiger partial charge in [0, 0.05) is 21.5 Å². The predicted molar refractivity (Wildman–Crippen MR) is 94.1 cm³/mol. The number of nitrogens with zero attached hydrogens (tertiary/aromatic N) is 1. The highest BCUT2D eigenvalue weighted by Gasteiger charge is 2.05. The molecular weight excluding hydrogens is 368 g/mol. The normalized spacial score (nSPS) is 10.4. The number of hydrogen-bond acceptors (Lipinski definition) is 4. The Hall–Kier alpha value is -0.980. The van der Waals surface area contributed by atoms with Crippen molar-refractivity contribution < 1.29 is 4.79 Å². The lowest BCUT2D eigenvalue weighted by molar-refractivity contribution is -0.115. The van der Waals surface area contributed by atoms with Crippen molar-refractivity contribution in [2.75, 3.05) is 17.3 Å². The molecule has 0 aliphatic heterocycles. The molecule has 21 heavy (non-hydrogen) atoms. The number of carbonyl (C=O) groups is 1. The van der Waals surface area contributed by atoms with Crippen LogP contribution in [0.3, 0.4) is 0 Å². The fourth-order valence-electron chi connectivity index (χ4n) is 1.61. The van der Waals surface area contributed by atoms with Gasteiger partial charge in [0.05, 0.1) is 16.9 Å². The molecule has 0 atom stereocenters. The van der Waals surface area contributed by atoms with Crippen molar-refractivity contribution in [2.45, 2.75) is 16.3 Å². The molecule has 0 saturated heterocycles. The largest absolute Gasteiger partial charge is 0.325 e. The second kappa shape index (κ2) is 8.46. The molecular formula is C15H15BrN2OS2. The molecule has 0 radical (unpaired) electrons. The highest BCUT2D eigenvalue weighted by molar-refractivity contribution is 9.10. The number of pyridine rings is 1. The molecule has 1 aromatic carbocycles. The number of rotatable bonds is 6. The predicted octanol–water partition coefficient (Wildman–Crippen LogP) is 4.69. The molecule has 1 amide bonds. The van der Waals surface area contributed by atoms with Crippen molar-refractivity contribution >= 4 is 51.0 Å². The van der Waals surface area contributed by atoms with Gasteiger partial charge in [-0.05, 0) is 46.5 Å². The van der Waals surface area contributed by atoms with Gasteiger partial charge < -0.3 is 5.32 Å². The molecule has 1 heterocycles. The van der Waals surface area contributed by atoms with E-state index in [1.54, 1.807) is 29.7 Å². The lowest BCUT2D eigenvalue weighted by atomic mass is 10.4. The summed E-state index contributed by atoms with van der Waals surface area (Å²) in [5.41, 5.74) is 0.740. The zero-order valence-corrected chi connectivity index (χ0v) is 14.7. The number of thioether (sulfide) groups is 2. The van der Waals surface area contributed by atoms with Crippen molar-refractivity contribution in [3.05, 3.63) is 47.1 Å². The molecule has 0 saturated carbocycles. The molecule has 0 unspecified atom stereocenters. The summed E-state index contributed by atoms with van der Waals surface area (Å²) in [6, 6.07) is 11.8. The molecule has 1 aromatic heterocycles. The monoisotopic (exact) mass is 382 g/mol. The molecule has 3 nitrogen and oxygen atoms in total. The van der Waals surface area contributed by atoms with Gasteiger partial charge in [-0.2, -0.15) is 0 Å². The van der Waals surface area contributed by atoms with Crippen LogP contribution in [-0.2, 0) is 4.79 Å². The van der Waals surface area contributed by atoms with Crippen LogP contribution in [0.1, 0.15) is 6.42 Å². The Labute approximate surface area is 141 Å². The van der Waals surface area contributed by atoms with E-state index in [1.165, 1.54) is 0 Å². The van der Waals surface area contributed by atoms with E-state index >= 15 is 0 Å². The van der Waals surface area contributed by atoms with E-state index in [9.17, 15) is 4.79 Å². The van der Waals surface area contributed by atoms with Crippen LogP contribution in [0.2, 0.25) is 0 Å². The highest BCUT2D eigenvalue weighted by Crippen LogP contribution is 2.27. The van der Waals surface area contributed by atoms with Gasteiger partial charge in [0.15, 0.2) is 0 Å². The summed E-state index contributed by atoms with van der Waals surface area (Å²) in [4.78, 5) is 17.2. The maximum absolute atomic E-state index is 11.9. The summed E-state index contributed by atoms with van der Waals surface area (Å²) in [5.74, 6) is 0.748. The zero-order chi connectivity index (χ0) is 15.1. The highest BCUT2D eigenvalue weighted by atomic mass is 79.9. The Morgan fingerprint density at radius 3 is 2.76 bits per heavy atom. The number of amides is 1. The fraction of sp³-hybridized carbons (Fsp3) is 0.200. The molecule has 2 aromatic rings. The summed E-state index contributed by atoms with van der Waals surface area (Å²) < 4.78 is 1.06. The van der Waals surface area contributed by atoms with Crippen LogP contribution in [0.4, 0.5) is 5.69 Å². The average Bonchev–Trinajstić information content (AvgIpc) is 2.50. The number of nitrogens with one attached hydrogen (secondary N) is 1. The van der Waals surface area contributed by atoms with Crippen molar-refractivity contribution in [3.63, 3.8) is 0 Å². The van der Waals surface area contributed by atoms with E-state index in [2.05, 4.69) is 26.2 Å². The first-order chi connectivity index (χ1) is 10.2. The quantitative estimate of drug-likeness (QED) is 0.735. The number of hydrogen-bond donors (Lipinski definition) is 1. The van der Waals surface area contributed by atoms with Crippen molar-refractivity contribution in [1.29, 1.82) is 0 Å². The van der Waals surface area contributed by atoms with E-state index in [-0.39, 0.29) is 5.91 Å². The maximum atomic E-state index is 11.9. The Balaban J connectivity index is 1.78.